The number of imidazole rings is 1. The van der Waals surface area contributed by atoms with E-state index in [0.29, 0.717) is 0 Å². The van der Waals surface area contributed by atoms with Crippen LogP contribution in [0.3, 0.4) is 0 Å². The molecule has 0 amide bonds. The Morgan fingerprint density at radius 3 is 2.50 bits per heavy atom. The number of benzene rings is 1. The number of methoxy groups -OCH3 is 1. The summed E-state index contributed by atoms with van der Waals surface area (Å²) in [5.41, 5.74) is 1.36. The van der Waals surface area contributed by atoms with Crippen molar-refractivity contribution in [3.8, 4) is 5.75 Å². The summed E-state index contributed by atoms with van der Waals surface area (Å²) in [4.78, 5) is 0. The van der Waals surface area contributed by atoms with Gasteiger partial charge in [0.1, 0.15) is 18.1 Å². The maximum Gasteiger partial charge on any atom is 0.243 e. The first-order valence-electron chi connectivity index (χ1n) is 5.92. The van der Waals surface area contributed by atoms with E-state index in [-0.39, 0.29) is 17.0 Å². The third kappa shape index (κ3) is 4.18. The molecule has 0 aliphatic rings. The van der Waals surface area contributed by atoms with Crippen LogP contribution in [-0.2, 0) is 20.0 Å². The van der Waals surface area contributed by atoms with Crippen molar-refractivity contribution < 1.29 is 26.3 Å². The van der Waals surface area contributed by atoms with Crippen molar-refractivity contribution in [1.82, 2.24) is 4.57 Å². The molecule has 0 bridgehead atoms. The van der Waals surface area contributed by atoms with Crippen LogP contribution in [0.25, 0.3) is 0 Å². The lowest BCUT2D eigenvalue weighted by Gasteiger charge is -2.02. The number of nitrogens with zero attached hydrogens (tertiary/aromatic N) is 2. The third-order valence-electron chi connectivity index (χ3n) is 2.86. The van der Waals surface area contributed by atoms with Crippen molar-refractivity contribution in [2.24, 2.45) is 7.05 Å². The van der Waals surface area contributed by atoms with Crippen LogP contribution in [0.2, 0.25) is 0 Å². The molecule has 2 aromatic rings. The second-order valence-electron chi connectivity index (χ2n) is 4.27. The minimum absolute atomic E-state index is 0. The molecule has 0 N–H and O–H groups in total. The van der Waals surface area contributed by atoms with Gasteiger partial charge in [0.15, 0.2) is 0 Å². The Morgan fingerprint density at radius 1 is 1.22 bits per heavy atom. The standard InChI is InChI=1S/C14H19N2O.BrH/c1-15-10-11-16(12-15)9-3-4-13-5-7-14(17-2)8-6-13;/h5-8,10-12H,3-4,9H2,1-2H3;1H/q+1;/p-1. The predicted octanol–water partition coefficient (Wildman–Crippen LogP) is -1.04. The molecule has 0 aliphatic heterocycles. The topological polar surface area (TPSA) is 18.0 Å². The van der Waals surface area contributed by atoms with Crippen molar-refractivity contribution in [3.63, 3.8) is 0 Å². The largest absolute Gasteiger partial charge is 1.00 e. The summed E-state index contributed by atoms with van der Waals surface area (Å²) in [6, 6.07) is 8.30. The first-order chi connectivity index (χ1) is 8.28. The lowest BCUT2D eigenvalue weighted by Crippen LogP contribution is -3.00. The molecule has 0 saturated carbocycles. The minimum atomic E-state index is 0. The Morgan fingerprint density at radius 2 is 1.94 bits per heavy atom. The van der Waals surface area contributed by atoms with Crippen LogP contribution in [0.4, 0.5) is 0 Å². The predicted molar refractivity (Wildman–Crippen MR) is 66.9 cm³/mol. The van der Waals surface area contributed by atoms with Crippen LogP contribution < -0.4 is 26.3 Å². The molecule has 18 heavy (non-hydrogen) atoms. The first kappa shape index (κ1) is 14.8. The molecule has 1 heterocycles. The van der Waals surface area contributed by atoms with Crippen molar-refractivity contribution in [2.45, 2.75) is 19.4 Å². The smallest absolute Gasteiger partial charge is 0.243 e. The Balaban J connectivity index is 0.00000162. The molecule has 0 atom stereocenters. The van der Waals surface area contributed by atoms with Crippen molar-refractivity contribution in [2.75, 3.05) is 7.11 Å². The molecule has 2 rings (SSSR count). The Bertz CT molecular complexity index is 465. The maximum absolute atomic E-state index is 5.14. The van der Waals surface area contributed by atoms with Gasteiger partial charge in [-0.2, -0.15) is 0 Å². The van der Waals surface area contributed by atoms with E-state index in [1.807, 2.05) is 19.2 Å². The minimum Gasteiger partial charge on any atom is -1.00 e. The zero-order valence-corrected chi connectivity index (χ0v) is 12.4. The quantitative estimate of drug-likeness (QED) is 0.645. The number of hydrogen-bond donors (Lipinski definition) is 0. The molecule has 0 spiro atoms. The highest BCUT2D eigenvalue weighted by Crippen LogP contribution is 2.12. The van der Waals surface area contributed by atoms with Crippen LogP contribution in [0, 0.1) is 0 Å². The fourth-order valence-corrected chi connectivity index (χ4v) is 1.89. The Hall–Kier alpha value is -1.29. The first-order valence-corrected chi connectivity index (χ1v) is 5.92. The normalized spacial score (nSPS) is 9.89. The van der Waals surface area contributed by atoms with Crippen molar-refractivity contribution in [1.29, 1.82) is 0 Å². The molecule has 0 fully saturated rings. The zero-order valence-electron chi connectivity index (χ0n) is 10.8. The number of aromatic nitrogens is 2. The fourth-order valence-electron chi connectivity index (χ4n) is 1.89. The molecule has 0 unspecified atom stereocenters. The molecule has 1 aromatic heterocycles. The lowest BCUT2D eigenvalue weighted by molar-refractivity contribution is -0.696. The van der Waals surface area contributed by atoms with Gasteiger partial charge in [0.25, 0.3) is 0 Å². The molecule has 0 saturated heterocycles. The van der Waals surface area contributed by atoms with E-state index in [1.165, 1.54) is 5.56 Å². The molecule has 98 valence electrons. The molecule has 4 heteroatoms. The van der Waals surface area contributed by atoms with E-state index in [2.05, 4.69) is 40.0 Å². The van der Waals surface area contributed by atoms with Gasteiger partial charge in [-0.05, 0) is 30.5 Å². The summed E-state index contributed by atoms with van der Waals surface area (Å²) in [6.07, 6.45) is 8.53. The summed E-state index contributed by atoms with van der Waals surface area (Å²) in [5, 5.41) is 0. The van der Waals surface area contributed by atoms with Gasteiger partial charge in [0, 0.05) is 0 Å². The second-order valence-corrected chi connectivity index (χ2v) is 4.27. The SMILES string of the molecule is COc1ccc(CCC[n+]2ccn(C)c2)cc1.[Br-]. The van der Waals surface area contributed by atoms with Gasteiger partial charge < -0.3 is 21.7 Å². The number of ether oxygens (including phenoxy) is 1. The molecular weight excluding hydrogens is 292 g/mol. The molecule has 3 nitrogen and oxygen atoms in total. The van der Waals surface area contributed by atoms with Crippen LogP contribution >= 0.6 is 0 Å². The van der Waals surface area contributed by atoms with Crippen LogP contribution in [0.5, 0.6) is 5.75 Å². The maximum atomic E-state index is 5.14. The molecule has 1 aromatic carbocycles. The molecule has 0 radical (unpaired) electrons. The van der Waals surface area contributed by atoms with Gasteiger partial charge in [-0.15, -0.1) is 0 Å². The number of aryl methyl sites for hydroxylation is 3. The van der Waals surface area contributed by atoms with Crippen molar-refractivity contribution >= 4 is 0 Å². The Labute approximate surface area is 119 Å². The summed E-state index contributed by atoms with van der Waals surface area (Å²) >= 11 is 0. The van der Waals surface area contributed by atoms with Gasteiger partial charge in [-0.25, -0.2) is 9.13 Å². The van der Waals surface area contributed by atoms with E-state index < -0.39 is 0 Å². The van der Waals surface area contributed by atoms with Gasteiger partial charge in [0.05, 0.1) is 20.7 Å². The lowest BCUT2D eigenvalue weighted by atomic mass is 10.1. The average molecular weight is 311 g/mol. The van der Waals surface area contributed by atoms with Gasteiger partial charge in [0.2, 0.25) is 6.33 Å². The summed E-state index contributed by atoms with van der Waals surface area (Å²) in [6.45, 7) is 1.06. The zero-order chi connectivity index (χ0) is 12.1. The van der Waals surface area contributed by atoms with Crippen LogP contribution in [0.15, 0.2) is 43.0 Å². The molecule has 0 aliphatic carbocycles. The highest BCUT2D eigenvalue weighted by molar-refractivity contribution is 5.27. The van der Waals surface area contributed by atoms with E-state index in [1.54, 1.807) is 7.11 Å². The fraction of sp³-hybridized carbons (Fsp3) is 0.357. The summed E-state index contributed by atoms with van der Waals surface area (Å²) in [5.74, 6) is 0.922. The van der Waals surface area contributed by atoms with E-state index in [0.717, 1.165) is 25.1 Å². The number of rotatable bonds is 5. The number of halogens is 1. The molecular formula is C14H19BrN2O. The van der Waals surface area contributed by atoms with E-state index in [9.17, 15) is 0 Å². The number of hydrogen-bond acceptors (Lipinski definition) is 1. The monoisotopic (exact) mass is 310 g/mol. The van der Waals surface area contributed by atoms with E-state index >= 15 is 0 Å². The van der Waals surface area contributed by atoms with Gasteiger partial charge >= 0.3 is 0 Å². The van der Waals surface area contributed by atoms with Gasteiger partial charge in [-0.1, -0.05) is 12.1 Å². The average Bonchev–Trinajstić information content (AvgIpc) is 2.76. The van der Waals surface area contributed by atoms with Crippen LogP contribution in [-0.4, -0.2) is 11.7 Å². The van der Waals surface area contributed by atoms with E-state index in [4.69, 9.17) is 4.74 Å². The summed E-state index contributed by atoms with van der Waals surface area (Å²) in [7, 11) is 3.74. The van der Waals surface area contributed by atoms with Crippen LogP contribution in [0.1, 0.15) is 12.0 Å². The highest BCUT2D eigenvalue weighted by atomic mass is 79.9. The summed E-state index contributed by atoms with van der Waals surface area (Å²) < 4.78 is 9.41. The Kier molecular flexibility index (Phi) is 5.92. The highest BCUT2D eigenvalue weighted by Gasteiger charge is 2.00. The second kappa shape index (κ2) is 7.21. The van der Waals surface area contributed by atoms with Gasteiger partial charge in [-0.3, -0.25) is 0 Å². The van der Waals surface area contributed by atoms with Crippen molar-refractivity contribution in [3.05, 3.63) is 48.5 Å². The third-order valence-corrected chi connectivity index (χ3v) is 2.86.